The molecule has 31 heavy (non-hydrogen) atoms. The summed E-state index contributed by atoms with van der Waals surface area (Å²) >= 11 is 13.5. The molecule has 1 aromatic heterocycles. The van der Waals surface area contributed by atoms with Crippen LogP contribution < -0.4 is 4.80 Å². The first-order chi connectivity index (χ1) is 14.8. The summed E-state index contributed by atoms with van der Waals surface area (Å²) < 4.78 is 7.50. The van der Waals surface area contributed by atoms with Crippen molar-refractivity contribution in [3.63, 3.8) is 0 Å². The molecule has 0 radical (unpaired) electrons. The number of carbonyl (C=O) groups is 1. The Morgan fingerprint density at radius 2 is 1.61 bits per heavy atom. The van der Waals surface area contributed by atoms with Gasteiger partial charge in [0.25, 0.3) is 0 Å². The van der Waals surface area contributed by atoms with Crippen LogP contribution in [0.1, 0.15) is 66.1 Å². The first-order valence-corrected chi connectivity index (χ1v) is 11.8. The number of aromatic nitrogens is 1. The van der Waals surface area contributed by atoms with E-state index in [0.29, 0.717) is 28.1 Å². The van der Waals surface area contributed by atoms with Gasteiger partial charge in [-0.1, -0.05) is 72.7 Å². The predicted molar refractivity (Wildman–Crippen MR) is 128 cm³/mol. The molecule has 164 valence electrons. The van der Waals surface area contributed by atoms with E-state index in [4.69, 9.17) is 32.9 Å². The standard InChI is InChI=1S/C24H26Cl2N2O2S/c1-5-30-23(29)22-21(15(2)3)28(16(4)18-8-12-20(26)13-9-18)24(31-22)27-14-17-6-10-19(25)11-7-17/h6-13,15-16H,5,14H2,1-4H3/b27-24+/t16-/m1/s1. The Morgan fingerprint density at radius 3 is 2.16 bits per heavy atom. The molecule has 0 saturated carbocycles. The summed E-state index contributed by atoms with van der Waals surface area (Å²) in [5.74, 6) is -0.189. The lowest BCUT2D eigenvalue weighted by Crippen LogP contribution is -2.23. The van der Waals surface area contributed by atoms with Gasteiger partial charge in [0.15, 0.2) is 4.80 Å². The number of hydrogen-bond donors (Lipinski definition) is 0. The topological polar surface area (TPSA) is 43.6 Å². The first-order valence-electron chi connectivity index (χ1n) is 10.2. The highest BCUT2D eigenvalue weighted by Crippen LogP contribution is 2.29. The second kappa shape index (κ2) is 10.5. The average molecular weight is 477 g/mol. The van der Waals surface area contributed by atoms with Gasteiger partial charge < -0.3 is 9.30 Å². The van der Waals surface area contributed by atoms with E-state index in [9.17, 15) is 4.79 Å². The number of hydrogen-bond acceptors (Lipinski definition) is 4. The molecule has 2 aromatic carbocycles. The average Bonchev–Trinajstić information content (AvgIpc) is 3.13. The number of rotatable bonds is 7. The summed E-state index contributed by atoms with van der Waals surface area (Å²) in [4.78, 5) is 19.0. The van der Waals surface area contributed by atoms with Gasteiger partial charge in [0.2, 0.25) is 0 Å². The molecule has 0 amide bonds. The van der Waals surface area contributed by atoms with E-state index in [0.717, 1.165) is 21.6 Å². The maximum Gasteiger partial charge on any atom is 0.350 e. The van der Waals surface area contributed by atoms with Crippen molar-refractivity contribution in [3.8, 4) is 0 Å². The van der Waals surface area contributed by atoms with E-state index in [2.05, 4.69) is 25.3 Å². The van der Waals surface area contributed by atoms with E-state index in [1.165, 1.54) is 11.3 Å². The maximum absolute atomic E-state index is 12.8. The molecule has 1 atom stereocenters. The Hall–Kier alpha value is -2.08. The molecule has 4 nitrogen and oxygen atoms in total. The molecule has 0 aliphatic carbocycles. The van der Waals surface area contributed by atoms with Gasteiger partial charge in [-0.25, -0.2) is 4.79 Å². The number of nitrogens with zero attached hydrogens (tertiary/aromatic N) is 2. The Kier molecular flexibility index (Phi) is 7.98. The number of esters is 1. The highest BCUT2D eigenvalue weighted by molar-refractivity contribution is 7.11. The fraction of sp³-hybridized carbons (Fsp3) is 0.333. The van der Waals surface area contributed by atoms with Crippen LogP contribution in [0.2, 0.25) is 10.0 Å². The van der Waals surface area contributed by atoms with Crippen LogP contribution in [0.25, 0.3) is 0 Å². The Morgan fingerprint density at radius 1 is 1.03 bits per heavy atom. The van der Waals surface area contributed by atoms with Gasteiger partial charge in [0.1, 0.15) is 4.88 Å². The largest absolute Gasteiger partial charge is 0.462 e. The molecule has 1 heterocycles. The van der Waals surface area contributed by atoms with Crippen molar-refractivity contribution in [2.75, 3.05) is 6.61 Å². The fourth-order valence-corrected chi connectivity index (χ4v) is 4.91. The zero-order chi connectivity index (χ0) is 22.5. The lowest BCUT2D eigenvalue weighted by Gasteiger charge is -2.20. The van der Waals surface area contributed by atoms with E-state index < -0.39 is 0 Å². The van der Waals surface area contributed by atoms with E-state index >= 15 is 0 Å². The van der Waals surface area contributed by atoms with Gasteiger partial charge in [0.05, 0.1) is 19.2 Å². The Labute approximate surface area is 197 Å². The molecular weight excluding hydrogens is 451 g/mol. The Balaban J connectivity index is 2.16. The maximum atomic E-state index is 12.8. The van der Waals surface area contributed by atoms with Gasteiger partial charge in [-0.15, -0.1) is 0 Å². The van der Waals surface area contributed by atoms with Gasteiger partial charge in [0, 0.05) is 15.7 Å². The third-order valence-electron chi connectivity index (χ3n) is 4.95. The lowest BCUT2D eigenvalue weighted by molar-refractivity contribution is 0.0529. The van der Waals surface area contributed by atoms with Crippen LogP contribution in [-0.4, -0.2) is 17.1 Å². The quantitative estimate of drug-likeness (QED) is 0.349. The zero-order valence-corrected chi connectivity index (χ0v) is 20.4. The SMILES string of the molecule is CCOC(=O)c1s/c(=N/Cc2ccc(Cl)cc2)n([C@H](C)c2ccc(Cl)cc2)c1C(C)C. The zero-order valence-electron chi connectivity index (χ0n) is 18.1. The van der Waals surface area contributed by atoms with Crippen LogP contribution in [0.3, 0.4) is 0 Å². The predicted octanol–water partition coefficient (Wildman–Crippen LogP) is 6.87. The van der Waals surface area contributed by atoms with Crippen molar-refractivity contribution in [2.45, 2.75) is 46.2 Å². The molecule has 0 saturated heterocycles. The number of carbonyl (C=O) groups excluding carboxylic acids is 1. The number of benzene rings is 2. The summed E-state index contributed by atoms with van der Waals surface area (Å²) in [7, 11) is 0. The summed E-state index contributed by atoms with van der Waals surface area (Å²) in [5.41, 5.74) is 3.07. The second-order valence-corrected chi connectivity index (χ2v) is 9.36. The normalized spacial score (nSPS) is 12.9. The summed E-state index contributed by atoms with van der Waals surface area (Å²) in [6.07, 6.45) is 0. The highest BCUT2D eigenvalue weighted by atomic mass is 35.5. The third kappa shape index (κ3) is 5.59. The van der Waals surface area contributed by atoms with Crippen molar-refractivity contribution in [1.29, 1.82) is 0 Å². The van der Waals surface area contributed by atoms with E-state index in [-0.39, 0.29) is 17.9 Å². The van der Waals surface area contributed by atoms with Crippen molar-refractivity contribution >= 4 is 40.5 Å². The lowest BCUT2D eigenvalue weighted by atomic mass is 10.0. The molecular formula is C24H26Cl2N2O2S. The molecule has 0 aliphatic rings. The van der Waals surface area contributed by atoms with Crippen molar-refractivity contribution < 1.29 is 9.53 Å². The fourth-order valence-electron chi connectivity index (χ4n) is 3.41. The van der Waals surface area contributed by atoms with Crippen LogP contribution in [0, 0.1) is 0 Å². The minimum atomic E-state index is -0.304. The molecule has 7 heteroatoms. The molecule has 0 bridgehead atoms. The van der Waals surface area contributed by atoms with Gasteiger partial charge >= 0.3 is 5.97 Å². The highest BCUT2D eigenvalue weighted by Gasteiger charge is 2.26. The number of halogens is 2. The van der Waals surface area contributed by atoms with Crippen LogP contribution >= 0.6 is 34.5 Å². The van der Waals surface area contributed by atoms with Gasteiger partial charge in [-0.3, -0.25) is 4.99 Å². The number of ether oxygens (including phenoxy) is 1. The van der Waals surface area contributed by atoms with Crippen LogP contribution in [0.5, 0.6) is 0 Å². The third-order valence-corrected chi connectivity index (χ3v) is 6.54. The molecule has 0 N–H and O–H groups in total. The monoisotopic (exact) mass is 476 g/mol. The number of thiazole rings is 1. The minimum absolute atomic E-state index is 0.0296. The summed E-state index contributed by atoms with van der Waals surface area (Å²) in [6.45, 7) is 8.91. The van der Waals surface area contributed by atoms with Crippen molar-refractivity contribution in [1.82, 2.24) is 4.57 Å². The molecule has 0 spiro atoms. The summed E-state index contributed by atoms with van der Waals surface area (Å²) in [5, 5.41) is 1.38. The molecule has 0 aliphatic heterocycles. The molecule has 3 rings (SSSR count). The van der Waals surface area contributed by atoms with Crippen molar-refractivity contribution in [2.24, 2.45) is 4.99 Å². The molecule has 3 aromatic rings. The summed E-state index contributed by atoms with van der Waals surface area (Å²) in [6, 6.07) is 15.4. The van der Waals surface area contributed by atoms with Gasteiger partial charge in [-0.05, 0) is 55.2 Å². The smallest absolute Gasteiger partial charge is 0.350 e. The molecule has 0 fully saturated rings. The van der Waals surface area contributed by atoms with E-state index in [1.807, 2.05) is 55.5 Å². The second-order valence-electron chi connectivity index (χ2n) is 7.51. The van der Waals surface area contributed by atoms with Gasteiger partial charge in [-0.2, -0.15) is 0 Å². The Bertz CT molecular complexity index is 1100. The van der Waals surface area contributed by atoms with Crippen LogP contribution in [0.15, 0.2) is 53.5 Å². The van der Waals surface area contributed by atoms with Crippen molar-refractivity contribution in [3.05, 3.63) is 85.1 Å². The van der Waals surface area contributed by atoms with E-state index in [1.54, 1.807) is 0 Å². The first kappa shape index (κ1) is 23.6. The molecule has 0 unspecified atom stereocenters. The van der Waals surface area contributed by atoms with Crippen LogP contribution in [-0.2, 0) is 11.3 Å². The minimum Gasteiger partial charge on any atom is -0.462 e. The van der Waals surface area contributed by atoms with Crippen LogP contribution in [0.4, 0.5) is 0 Å².